The van der Waals surface area contributed by atoms with Gasteiger partial charge in [-0.2, -0.15) is 21.6 Å². The molecule has 1 amide bonds. The lowest BCUT2D eigenvalue weighted by Gasteiger charge is -2.29. The number of hydrogen-bond donors (Lipinski definition) is 1. The van der Waals surface area contributed by atoms with E-state index in [0.717, 1.165) is 12.1 Å². The topological polar surface area (TPSA) is 93.1 Å². The van der Waals surface area contributed by atoms with Gasteiger partial charge in [0.25, 0.3) is 0 Å². The van der Waals surface area contributed by atoms with Crippen molar-refractivity contribution in [1.29, 1.82) is 0 Å². The van der Waals surface area contributed by atoms with Crippen LogP contribution in [-0.2, 0) is 21.3 Å². The molecule has 1 atom stereocenters. The van der Waals surface area contributed by atoms with Gasteiger partial charge in [-0.1, -0.05) is 42.5 Å². The summed E-state index contributed by atoms with van der Waals surface area (Å²) in [5, 5.41) is 10.5. The number of benzene rings is 2. The molecule has 0 aliphatic carbocycles. The van der Waals surface area contributed by atoms with Crippen LogP contribution in [0.15, 0.2) is 54.6 Å². The zero-order valence-corrected chi connectivity index (χ0v) is 19.2. The lowest BCUT2D eigenvalue weighted by Crippen LogP contribution is -2.40. The molecular weight excluding hydrogens is 463 g/mol. The summed E-state index contributed by atoms with van der Waals surface area (Å²) in [5.41, 5.74) is -5.05. The number of amides is 1. The van der Waals surface area contributed by atoms with Gasteiger partial charge in [-0.15, -0.1) is 0 Å². The van der Waals surface area contributed by atoms with Crippen molar-refractivity contribution in [2.45, 2.75) is 44.4 Å². The predicted molar refractivity (Wildman–Crippen MR) is 115 cm³/mol. The molecule has 7 nitrogen and oxygen atoms in total. The van der Waals surface area contributed by atoms with E-state index in [1.165, 1.54) is 17.0 Å². The maximum absolute atomic E-state index is 12.7. The second kappa shape index (κ2) is 10.4. The van der Waals surface area contributed by atoms with Crippen LogP contribution >= 0.6 is 0 Å². The zero-order chi connectivity index (χ0) is 24.9. The van der Waals surface area contributed by atoms with Crippen LogP contribution in [0.1, 0.15) is 38.0 Å². The van der Waals surface area contributed by atoms with E-state index in [9.17, 15) is 31.5 Å². The summed E-state index contributed by atoms with van der Waals surface area (Å²) < 4.78 is 69.0. The summed E-state index contributed by atoms with van der Waals surface area (Å²) in [6.07, 6.45) is -1.32. The van der Waals surface area contributed by atoms with E-state index in [4.69, 9.17) is 4.74 Å². The summed E-state index contributed by atoms with van der Waals surface area (Å²) in [7, 11) is -5.76. The third kappa shape index (κ3) is 8.25. The molecule has 2 aromatic carbocycles. The Hall–Kier alpha value is -2.79. The number of hydrogen-bond acceptors (Lipinski definition) is 6. The Bertz CT molecular complexity index is 1020. The van der Waals surface area contributed by atoms with Crippen LogP contribution in [0.5, 0.6) is 5.75 Å². The summed E-state index contributed by atoms with van der Waals surface area (Å²) in [5.74, 6) is -0.487. The average molecular weight is 490 g/mol. The Morgan fingerprint density at radius 1 is 1.03 bits per heavy atom. The van der Waals surface area contributed by atoms with Gasteiger partial charge in [0.1, 0.15) is 11.4 Å². The first kappa shape index (κ1) is 26.5. The summed E-state index contributed by atoms with van der Waals surface area (Å²) >= 11 is 0. The Morgan fingerprint density at radius 2 is 1.61 bits per heavy atom. The molecule has 0 fully saturated rings. The minimum atomic E-state index is -5.76. The van der Waals surface area contributed by atoms with E-state index in [2.05, 4.69) is 4.18 Å². The minimum Gasteiger partial charge on any atom is -0.444 e. The molecule has 0 bridgehead atoms. The Morgan fingerprint density at radius 3 is 2.12 bits per heavy atom. The van der Waals surface area contributed by atoms with Crippen molar-refractivity contribution in [1.82, 2.24) is 4.90 Å². The number of nitrogens with zero attached hydrogens (tertiary/aromatic N) is 1. The number of ether oxygens (including phenoxy) is 1. The fourth-order valence-electron chi connectivity index (χ4n) is 2.72. The number of alkyl halides is 3. The van der Waals surface area contributed by atoms with E-state index in [-0.39, 0.29) is 19.5 Å². The van der Waals surface area contributed by atoms with Gasteiger partial charge in [0.2, 0.25) is 0 Å². The Labute approximate surface area is 190 Å². The Balaban J connectivity index is 2.09. The second-order valence-electron chi connectivity index (χ2n) is 8.23. The monoisotopic (exact) mass is 489 g/mol. The molecule has 0 aliphatic rings. The molecule has 2 aromatic rings. The van der Waals surface area contributed by atoms with Crippen LogP contribution in [-0.4, -0.2) is 48.7 Å². The van der Waals surface area contributed by atoms with Gasteiger partial charge in [0.15, 0.2) is 0 Å². The van der Waals surface area contributed by atoms with Crippen molar-refractivity contribution in [3.63, 3.8) is 0 Å². The fourth-order valence-corrected chi connectivity index (χ4v) is 3.18. The van der Waals surface area contributed by atoms with Gasteiger partial charge in [-0.05, 0) is 50.5 Å². The van der Waals surface area contributed by atoms with E-state index in [1.54, 1.807) is 51.1 Å². The maximum Gasteiger partial charge on any atom is 0.534 e. The molecule has 11 heteroatoms. The van der Waals surface area contributed by atoms with E-state index in [0.29, 0.717) is 11.1 Å². The Kier molecular flexibility index (Phi) is 8.36. The van der Waals surface area contributed by atoms with Gasteiger partial charge in [0, 0.05) is 6.54 Å². The normalized spacial score (nSPS) is 13.3. The summed E-state index contributed by atoms with van der Waals surface area (Å²) in [6, 6.07) is 13.7. The quantitative estimate of drug-likeness (QED) is 0.436. The predicted octanol–water partition coefficient (Wildman–Crippen LogP) is 4.43. The average Bonchev–Trinajstić information content (AvgIpc) is 2.70. The molecule has 0 radical (unpaired) electrons. The molecular formula is C22H26F3NO6S. The standard InChI is InChI=1S/C22H26F3NO6S/c1-21(2,3)31-20(28)26(15-19(27)17-7-5-4-6-8-17)14-13-16-9-11-18(12-10-16)32-33(29,30)22(23,24)25/h4-12,19,27H,13-15H2,1-3H3/t19-/m1/s1. The van der Waals surface area contributed by atoms with Gasteiger partial charge >= 0.3 is 21.7 Å². The SMILES string of the molecule is CC(C)(C)OC(=O)N(CCc1ccc(OS(=O)(=O)C(F)(F)F)cc1)C[C@@H](O)c1ccccc1. The number of carbonyl (C=O) groups is 1. The van der Waals surface area contributed by atoms with Gasteiger partial charge in [-0.3, -0.25) is 0 Å². The molecule has 1 N–H and O–H groups in total. The number of halogens is 3. The molecule has 0 saturated carbocycles. The first-order valence-electron chi connectivity index (χ1n) is 9.98. The minimum absolute atomic E-state index is 0.0378. The molecule has 182 valence electrons. The van der Waals surface area contributed by atoms with Crippen LogP contribution in [0.25, 0.3) is 0 Å². The van der Waals surface area contributed by atoms with Crippen LogP contribution in [0.3, 0.4) is 0 Å². The summed E-state index contributed by atoms with van der Waals surface area (Å²) in [6.45, 7) is 5.24. The van der Waals surface area contributed by atoms with E-state index in [1.807, 2.05) is 0 Å². The largest absolute Gasteiger partial charge is 0.534 e. The molecule has 33 heavy (non-hydrogen) atoms. The summed E-state index contributed by atoms with van der Waals surface area (Å²) in [4.78, 5) is 14.0. The zero-order valence-electron chi connectivity index (χ0n) is 18.4. The van der Waals surface area contributed by atoms with Crippen LogP contribution in [0.2, 0.25) is 0 Å². The highest BCUT2D eigenvalue weighted by Gasteiger charge is 2.48. The smallest absolute Gasteiger partial charge is 0.444 e. The van der Waals surface area contributed by atoms with Crippen molar-refractivity contribution in [3.8, 4) is 5.75 Å². The van der Waals surface area contributed by atoms with Crippen molar-refractivity contribution in [3.05, 3.63) is 65.7 Å². The van der Waals surface area contributed by atoms with Crippen LogP contribution < -0.4 is 4.18 Å². The highest BCUT2D eigenvalue weighted by Crippen LogP contribution is 2.27. The highest BCUT2D eigenvalue weighted by atomic mass is 32.2. The number of aliphatic hydroxyl groups excluding tert-OH is 1. The van der Waals surface area contributed by atoms with Crippen LogP contribution in [0, 0.1) is 0 Å². The number of carbonyl (C=O) groups excluding carboxylic acids is 1. The number of aliphatic hydroxyl groups is 1. The molecule has 0 spiro atoms. The first-order chi connectivity index (χ1) is 15.2. The molecule has 2 rings (SSSR count). The fraction of sp³-hybridized carbons (Fsp3) is 0.409. The first-order valence-corrected chi connectivity index (χ1v) is 11.4. The van der Waals surface area contributed by atoms with Crippen molar-refractivity contribution >= 4 is 16.2 Å². The lowest BCUT2D eigenvalue weighted by atomic mass is 10.1. The lowest BCUT2D eigenvalue weighted by molar-refractivity contribution is -0.0500. The second-order valence-corrected chi connectivity index (χ2v) is 9.77. The molecule has 0 saturated heterocycles. The molecule has 0 aliphatic heterocycles. The number of rotatable bonds is 8. The third-order valence-electron chi connectivity index (χ3n) is 4.31. The van der Waals surface area contributed by atoms with Gasteiger partial charge in [-0.25, -0.2) is 4.79 Å². The maximum atomic E-state index is 12.7. The highest BCUT2D eigenvalue weighted by molar-refractivity contribution is 7.88. The van der Waals surface area contributed by atoms with Crippen molar-refractivity contribution < 1.29 is 40.4 Å². The van der Waals surface area contributed by atoms with Crippen LogP contribution in [0.4, 0.5) is 18.0 Å². The van der Waals surface area contributed by atoms with Gasteiger partial charge in [0.05, 0.1) is 12.6 Å². The van der Waals surface area contributed by atoms with Gasteiger partial charge < -0.3 is 18.9 Å². The van der Waals surface area contributed by atoms with E-state index >= 15 is 0 Å². The van der Waals surface area contributed by atoms with Crippen molar-refractivity contribution in [2.75, 3.05) is 13.1 Å². The van der Waals surface area contributed by atoms with E-state index < -0.39 is 39.2 Å². The molecule has 0 unspecified atom stereocenters. The molecule has 0 heterocycles. The molecule has 0 aromatic heterocycles. The van der Waals surface area contributed by atoms with Crippen molar-refractivity contribution in [2.24, 2.45) is 0 Å². The third-order valence-corrected chi connectivity index (χ3v) is 5.29.